The van der Waals surface area contributed by atoms with E-state index < -0.39 is 0 Å². The molecule has 0 aromatic rings. The number of hydrogen-bond acceptors (Lipinski definition) is 3. The third-order valence-electron chi connectivity index (χ3n) is 3.45. The summed E-state index contributed by atoms with van der Waals surface area (Å²) >= 11 is 0. The lowest BCUT2D eigenvalue weighted by atomic mass is 9.90. The van der Waals surface area contributed by atoms with Gasteiger partial charge in [0.25, 0.3) is 0 Å². The minimum atomic E-state index is -0.336. The van der Waals surface area contributed by atoms with E-state index in [-0.39, 0.29) is 17.8 Å². The topological polar surface area (TPSA) is 43.4 Å². The van der Waals surface area contributed by atoms with Crippen molar-refractivity contribution in [2.75, 3.05) is 7.11 Å². The fourth-order valence-corrected chi connectivity index (χ4v) is 2.42. The van der Waals surface area contributed by atoms with Gasteiger partial charge in [-0.25, -0.2) is 4.79 Å². The molecule has 3 nitrogen and oxygen atoms in total. The molecule has 0 saturated heterocycles. The first kappa shape index (κ1) is 13.9. The molecule has 1 fully saturated rings. The lowest BCUT2D eigenvalue weighted by molar-refractivity contribution is -0.135. The normalized spacial score (nSPS) is 24.5. The van der Waals surface area contributed by atoms with Crippen LogP contribution in [0.25, 0.3) is 0 Å². The van der Waals surface area contributed by atoms with Crippen LogP contribution < -0.4 is 0 Å². The maximum Gasteiger partial charge on any atom is 0.330 e. The predicted molar refractivity (Wildman–Crippen MR) is 66.5 cm³/mol. The number of ketones is 1. The van der Waals surface area contributed by atoms with Gasteiger partial charge in [0.15, 0.2) is 0 Å². The average Bonchev–Trinajstić information content (AvgIpc) is 2.68. The quantitative estimate of drug-likeness (QED) is 0.406. The van der Waals surface area contributed by atoms with E-state index in [0.29, 0.717) is 12.2 Å². The number of hydrogen-bond donors (Lipinski definition) is 0. The average molecular weight is 238 g/mol. The van der Waals surface area contributed by atoms with Crippen LogP contribution in [0.2, 0.25) is 0 Å². The number of esters is 1. The van der Waals surface area contributed by atoms with Gasteiger partial charge >= 0.3 is 5.97 Å². The molecule has 2 atom stereocenters. The second kappa shape index (κ2) is 7.25. The fourth-order valence-electron chi connectivity index (χ4n) is 2.42. The van der Waals surface area contributed by atoms with Gasteiger partial charge in [-0.1, -0.05) is 32.3 Å². The van der Waals surface area contributed by atoms with E-state index in [1.54, 1.807) is 0 Å². The van der Waals surface area contributed by atoms with Gasteiger partial charge in [0.05, 0.1) is 7.11 Å². The van der Waals surface area contributed by atoms with E-state index in [1.165, 1.54) is 26.0 Å². The maximum absolute atomic E-state index is 11.7. The van der Waals surface area contributed by atoms with Crippen molar-refractivity contribution in [3.8, 4) is 0 Å². The molecule has 0 aromatic heterocycles. The molecule has 1 saturated carbocycles. The smallest absolute Gasteiger partial charge is 0.330 e. The van der Waals surface area contributed by atoms with Crippen LogP contribution in [-0.4, -0.2) is 18.9 Å². The number of methoxy groups -OCH3 is 1. The zero-order valence-electron chi connectivity index (χ0n) is 10.8. The van der Waals surface area contributed by atoms with Crippen LogP contribution in [0.1, 0.15) is 45.4 Å². The molecule has 0 unspecified atom stereocenters. The fraction of sp³-hybridized carbons (Fsp3) is 0.714. The number of rotatable bonds is 6. The molecule has 0 amide bonds. The van der Waals surface area contributed by atoms with Crippen LogP contribution in [0.15, 0.2) is 12.2 Å². The number of carbonyl (C=O) groups excluding carboxylic acids is 2. The van der Waals surface area contributed by atoms with Crippen LogP contribution >= 0.6 is 0 Å². The molecule has 0 heterocycles. The molecule has 0 aromatic carbocycles. The number of allylic oxidation sites excluding steroid dienone is 1. The summed E-state index contributed by atoms with van der Waals surface area (Å²) in [6, 6.07) is 0. The van der Waals surface area contributed by atoms with E-state index in [1.807, 2.05) is 6.08 Å². The van der Waals surface area contributed by atoms with E-state index in [9.17, 15) is 9.59 Å². The molecule has 1 aliphatic rings. The van der Waals surface area contributed by atoms with Crippen molar-refractivity contribution in [3.63, 3.8) is 0 Å². The molecule has 1 aliphatic carbocycles. The number of carbonyl (C=O) groups is 2. The monoisotopic (exact) mass is 238 g/mol. The lowest BCUT2D eigenvalue weighted by Gasteiger charge is -2.14. The molecule has 96 valence electrons. The summed E-state index contributed by atoms with van der Waals surface area (Å²) in [5, 5.41) is 0. The molecule has 0 spiro atoms. The standard InChI is InChI=1S/C14H22O3/c1-3-4-5-6-12-11(7-9-13(12)15)8-10-14(16)17-2/h8,10-12H,3-7,9H2,1-2H3/b10-8+/t11-,12-/m0/s1. The molecular formula is C14H22O3. The third kappa shape index (κ3) is 4.33. The van der Waals surface area contributed by atoms with Crippen molar-refractivity contribution in [1.82, 2.24) is 0 Å². The van der Waals surface area contributed by atoms with Gasteiger partial charge in [0, 0.05) is 18.4 Å². The van der Waals surface area contributed by atoms with Crippen molar-refractivity contribution in [3.05, 3.63) is 12.2 Å². The van der Waals surface area contributed by atoms with Crippen LogP contribution in [-0.2, 0) is 14.3 Å². The van der Waals surface area contributed by atoms with Crippen LogP contribution in [0.3, 0.4) is 0 Å². The Balaban J connectivity index is 2.49. The number of unbranched alkanes of at least 4 members (excludes halogenated alkanes) is 2. The maximum atomic E-state index is 11.7. The van der Waals surface area contributed by atoms with E-state index in [2.05, 4.69) is 11.7 Å². The zero-order chi connectivity index (χ0) is 12.7. The largest absolute Gasteiger partial charge is 0.466 e. The summed E-state index contributed by atoms with van der Waals surface area (Å²) in [5.74, 6) is 0.387. The SMILES string of the molecule is CCCCC[C@@H]1C(=O)CC[C@H]1/C=C/C(=O)OC. The van der Waals surface area contributed by atoms with Gasteiger partial charge in [0.1, 0.15) is 5.78 Å². The summed E-state index contributed by atoms with van der Waals surface area (Å²) < 4.78 is 4.56. The molecule has 1 rings (SSSR count). The first-order valence-corrected chi connectivity index (χ1v) is 6.48. The molecule has 17 heavy (non-hydrogen) atoms. The van der Waals surface area contributed by atoms with Crippen molar-refractivity contribution in [1.29, 1.82) is 0 Å². The van der Waals surface area contributed by atoms with E-state index in [0.717, 1.165) is 19.3 Å². The Morgan fingerprint density at radius 3 is 2.88 bits per heavy atom. The highest BCUT2D eigenvalue weighted by Crippen LogP contribution is 2.33. The first-order chi connectivity index (χ1) is 8.19. The Morgan fingerprint density at radius 2 is 2.24 bits per heavy atom. The minimum absolute atomic E-state index is 0.127. The van der Waals surface area contributed by atoms with Gasteiger partial charge in [-0.3, -0.25) is 4.79 Å². The summed E-state index contributed by atoms with van der Waals surface area (Å²) in [6.45, 7) is 2.16. The molecule has 0 N–H and O–H groups in total. The molecule has 0 radical (unpaired) electrons. The van der Waals surface area contributed by atoms with Gasteiger partial charge < -0.3 is 4.74 Å². The lowest BCUT2D eigenvalue weighted by Crippen LogP contribution is -2.13. The van der Waals surface area contributed by atoms with Crippen LogP contribution in [0.4, 0.5) is 0 Å². The Morgan fingerprint density at radius 1 is 1.47 bits per heavy atom. The highest BCUT2D eigenvalue weighted by Gasteiger charge is 2.32. The van der Waals surface area contributed by atoms with Crippen LogP contribution in [0, 0.1) is 11.8 Å². The summed E-state index contributed by atoms with van der Waals surface area (Å²) in [6.07, 6.45) is 9.26. The van der Waals surface area contributed by atoms with Gasteiger partial charge in [-0.05, 0) is 18.8 Å². The van der Waals surface area contributed by atoms with E-state index >= 15 is 0 Å². The number of Topliss-reactive ketones (excluding diaryl/α,β-unsaturated/α-hetero) is 1. The molecule has 3 heteroatoms. The van der Waals surface area contributed by atoms with E-state index in [4.69, 9.17) is 0 Å². The number of ether oxygens (including phenoxy) is 1. The summed E-state index contributed by atoms with van der Waals surface area (Å²) in [7, 11) is 1.37. The zero-order valence-corrected chi connectivity index (χ0v) is 10.8. The second-order valence-electron chi connectivity index (χ2n) is 4.65. The second-order valence-corrected chi connectivity index (χ2v) is 4.65. The van der Waals surface area contributed by atoms with Crippen molar-refractivity contribution < 1.29 is 14.3 Å². The first-order valence-electron chi connectivity index (χ1n) is 6.48. The Kier molecular flexibility index (Phi) is 5.95. The third-order valence-corrected chi connectivity index (χ3v) is 3.45. The molecule has 0 aliphatic heterocycles. The minimum Gasteiger partial charge on any atom is -0.466 e. The summed E-state index contributed by atoms with van der Waals surface area (Å²) in [4.78, 5) is 22.8. The van der Waals surface area contributed by atoms with Crippen LogP contribution in [0.5, 0.6) is 0 Å². The Labute approximate surface area is 103 Å². The highest BCUT2D eigenvalue weighted by atomic mass is 16.5. The van der Waals surface area contributed by atoms with Crippen molar-refractivity contribution in [2.24, 2.45) is 11.8 Å². The highest BCUT2D eigenvalue weighted by molar-refractivity contribution is 5.85. The Bertz CT molecular complexity index is 294. The predicted octanol–water partition coefficient (Wildman–Crippen LogP) is 2.89. The van der Waals surface area contributed by atoms with Crippen molar-refractivity contribution >= 4 is 11.8 Å². The molecule has 0 bridgehead atoms. The Hall–Kier alpha value is -1.12. The summed E-state index contributed by atoms with van der Waals surface area (Å²) in [5.41, 5.74) is 0. The van der Waals surface area contributed by atoms with Gasteiger partial charge in [-0.15, -0.1) is 0 Å². The van der Waals surface area contributed by atoms with Gasteiger partial charge in [0.2, 0.25) is 0 Å². The molecular weight excluding hydrogens is 216 g/mol. The van der Waals surface area contributed by atoms with Gasteiger partial charge in [-0.2, -0.15) is 0 Å². The van der Waals surface area contributed by atoms with Crippen molar-refractivity contribution in [2.45, 2.75) is 45.4 Å².